The molecule has 29 heavy (non-hydrogen) atoms. The predicted molar refractivity (Wildman–Crippen MR) is 93.9 cm³/mol. The molecule has 1 saturated heterocycles. The fourth-order valence-electron chi connectivity index (χ4n) is 2.99. The average molecular weight is 442 g/mol. The highest BCUT2D eigenvalue weighted by Gasteiger charge is 2.44. The number of aliphatic hydroxyl groups is 1. The number of amides is 1. The minimum absolute atomic E-state index is 0.0181. The van der Waals surface area contributed by atoms with E-state index < -0.39 is 40.8 Å². The van der Waals surface area contributed by atoms with Crippen LogP contribution in [0.1, 0.15) is 13.3 Å². The molecule has 0 bridgehead atoms. The summed E-state index contributed by atoms with van der Waals surface area (Å²) in [6.45, 7) is 0.533. The molecule has 1 aromatic rings. The number of alkyl halides is 3. The molecule has 0 saturated carbocycles. The van der Waals surface area contributed by atoms with Crippen molar-refractivity contribution in [2.24, 2.45) is 5.92 Å². The number of carbonyl (C=O) groups excluding carboxylic acids is 1. The van der Waals surface area contributed by atoms with Gasteiger partial charge in [-0.3, -0.25) is 0 Å². The summed E-state index contributed by atoms with van der Waals surface area (Å²) in [5.74, 6) is -0.881. The average Bonchev–Trinajstić information content (AvgIpc) is 3.12. The maximum Gasteiger partial charge on any atom is 0.427 e. The Morgan fingerprint density at radius 3 is 2.48 bits per heavy atom. The number of likely N-dealkylation sites (tertiary alicyclic amines) is 1. The van der Waals surface area contributed by atoms with E-state index in [1.165, 1.54) is 4.31 Å². The van der Waals surface area contributed by atoms with Gasteiger partial charge in [-0.2, -0.15) is 17.5 Å². The van der Waals surface area contributed by atoms with Crippen LogP contribution in [0.4, 0.5) is 22.4 Å². The van der Waals surface area contributed by atoms with E-state index in [9.17, 15) is 30.8 Å². The Morgan fingerprint density at radius 2 is 1.97 bits per heavy atom. The first-order valence-electron chi connectivity index (χ1n) is 8.87. The van der Waals surface area contributed by atoms with E-state index >= 15 is 0 Å². The summed E-state index contributed by atoms with van der Waals surface area (Å²) in [6, 6.07) is 4.37. The molecule has 0 radical (unpaired) electrons. The molecule has 1 amide bonds. The zero-order valence-electron chi connectivity index (χ0n) is 15.6. The molecule has 1 heterocycles. The fourth-order valence-corrected chi connectivity index (χ4v) is 4.52. The molecule has 7 nitrogen and oxygen atoms in total. The fraction of sp³-hybridized carbons (Fsp3) is 0.588. The van der Waals surface area contributed by atoms with Crippen LogP contribution in [0.2, 0.25) is 0 Å². The molecule has 1 fully saturated rings. The van der Waals surface area contributed by atoms with E-state index in [0.29, 0.717) is 6.42 Å². The molecule has 0 aliphatic carbocycles. The highest BCUT2D eigenvalue weighted by molar-refractivity contribution is 7.89. The Labute approximate surface area is 165 Å². The number of ether oxygens (including phenoxy) is 1. The van der Waals surface area contributed by atoms with Gasteiger partial charge in [-0.15, -0.1) is 0 Å². The van der Waals surface area contributed by atoms with Gasteiger partial charge in [0.2, 0.25) is 16.1 Å². The van der Waals surface area contributed by atoms with Gasteiger partial charge in [-0.05, 0) is 36.6 Å². The Balaban J connectivity index is 2.00. The summed E-state index contributed by atoms with van der Waals surface area (Å²) in [7, 11) is -3.89. The smallest absolute Gasteiger partial charge is 0.427 e. The van der Waals surface area contributed by atoms with Crippen molar-refractivity contribution in [3.05, 3.63) is 30.1 Å². The molecule has 1 N–H and O–H groups in total. The van der Waals surface area contributed by atoms with Crippen molar-refractivity contribution in [1.29, 1.82) is 0 Å². The lowest BCUT2D eigenvalue weighted by molar-refractivity contribution is -0.214. The van der Waals surface area contributed by atoms with Crippen LogP contribution in [0.3, 0.4) is 0 Å². The SMILES string of the molecule is CCN(C[C@@H]1CCN(C(=O)O[C@H](CO)C(F)(F)F)C1)S(=O)(=O)c1ccc(F)cc1. The number of rotatable bonds is 7. The van der Waals surface area contributed by atoms with Crippen LogP contribution >= 0.6 is 0 Å². The molecule has 0 aromatic heterocycles. The van der Waals surface area contributed by atoms with Crippen LogP contribution in [-0.4, -0.2) is 73.9 Å². The van der Waals surface area contributed by atoms with E-state index in [-0.39, 0.29) is 37.0 Å². The lowest BCUT2D eigenvalue weighted by Gasteiger charge is -2.25. The molecular weight excluding hydrogens is 420 g/mol. The first kappa shape index (κ1) is 23.4. The maximum atomic E-state index is 13.1. The van der Waals surface area contributed by atoms with E-state index in [1.807, 2.05) is 0 Å². The van der Waals surface area contributed by atoms with Crippen molar-refractivity contribution in [1.82, 2.24) is 9.21 Å². The van der Waals surface area contributed by atoms with Gasteiger partial charge in [0.05, 0.1) is 11.5 Å². The molecule has 1 aliphatic rings. The number of carbonyl (C=O) groups is 1. The van der Waals surface area contributed by atoms with Crippen LogP contribution in [-0.2, 0) is 14.8 Å². The lowest BCUT2D eigenvalue weighted by atomic mass is 10.1. The van der Waals surface area contributed by atoms with Gasteiger partial charge in [0.1, 0.15) is 5.82 Å². The summed E-state index contributed by atoms with van der Waals surface area (Å²) in [5, 5.41) is 8.76. The van der Waals surface area contributed by atoms with Crippen molar-refractivity contribution < 1.29 is 40.6 Å². The number of benzene rings is 1. The molecular formula is C17H22F4N2O5S. The standard InChI is InChI=1S/C17H22F4N2O5S/c1-2-23(29(26,27)14-5-3-13(18)4-6-14)10-12-7-8-22(9-12)16(25)28-15(11-24)17(19,20)21/h3-6,12,15,24H,2,7-11H2,1H3/t12-,15-/m1/s1. The number of hydrogen-bond acceptors (Lipinski definition) is 5. The first-order valence-corrected chi connectivity index (χ1v) is 10.3. The summed E-state index contributed by atoms with van der Waals surface area (Å²) in [6.07, 6.45) is -8.33. The van der Waals surface area contributed by atoms with Gasteiger partial charge >= 0.3 is 12.3 Å². The molecule has 164 valence electrons. The highest BCUT2D eigenvalue weighted by atomic mass is 32.2. The van der Waals surface area contributed by atoms with E-state index in [4.69, 9.17) is 5.11 Å². The van der Waals surface area contributed by atoms with Crippen molar-refractivity contribution in [3.8, 4) is 0 Å². The van der Waals surface area contributed by atoms with Crippen molar-refractivity contribution in [3.63, 3.8) is 0 Å². The van der Waals surface area contributed by atoms with Gasteiger partial charge < -0.3 is 14.7 Å². The number of nitrogens with zero attached hydrogens (tertiary/aromatic N) is 2. The van der Waals surface area contributed by atoms with Gasteiger partial charge in [0.25, 0.3) is 0 Å². The minimum Gasteiger partial charge on any atom is -0.434 e. The Bertz CT molecular complexity index is 801. The molecule has 12 heteroatoms. The third-order valence-electron chi connectivity index (χ3n) is 4.58. The molecule has 0 unspecified atom stereocenters. The number of sulfonamides is 1. The third kappa shape index (κ3) is 5.80. The van der Waals surface area contributed by atoms with Crippen molar-refractivity contribution in [2.45, 2.75) is 30.5 Å². The third-order valence-corrected chi connectivity index (χ3v) is 6.54. The number of aliphatic hydroxyl groups excluding tert-OH is 1. The highest BCUT2D eigenvalue weighted by Crippen LogP contribution is 2.26. The molecule has 2 rings (SSSR count). The van der Waals surface area contributed by atoms with Gasteiger partial charge in [-0.25, -0.2) is 17.6 Å². The van der Waals surface area contributed by atoms with Crippen LogP contribution < -0.4 is 0 Å². The second-order valence-electron chi connectivity index (χ2n) is 6.61. The summed E-state index contributed by atoms with van der Waals surface area (Å²) in [4.78, 5) is 12.9. The minimum atomic E-state index is -4.88. The number of hydrogen-bond donors (Lipinski definition) is 1. The molecule has 1 aromatic carbocycles. The summed E-state index contributed by atoms with van der Waals surface area (Å²) < 4.78 is 81.9. The normalized spacial score (nSPS) is 18.9. The second-order valence-corrected chi connectivity index (χ2v) is 8.54. The van der Waals surface area contributed by atoms with Gasteiger partial charge in [0, 0.05) is 26.2 Å². The zero-order valence-corrected chi connectivity index (χ0v) is 16.4. The Hall–Kier alpha value is -1.92. The quantitative estimate of drug-likeness (QED) is 0.655. The topological polar surface area (TPSA) is 87.2 Å². The van der Waals surface area contributed by atoms with E-state index in [0.717, 1.165) is 29.2 Å². The number of halogens is 4. The second kappa shape index (κ2) is 9.26. The molecule has 1 aliphatic heterocycles. The summed E-state index contributed by atoms with van der Waals surface area (Å²) >= 11 is 0. The maximum absolute atomic E-state index is 13.1. The first-order chi connectivity index (χ1) is 13.5. The Kier molecular flexibility index (Phi) is 7.46. The van der Waals surface area contributed by atoms with E-state index in [1.54, 1.807) is 6.92 Å². The van der Waals surface area contributed by atoms with Crippen molar-refractivity contribution >= 4 is 16.1 Å². The van der Waals surface area contributed by atoms with Crippen LogP contribution in [0.15, 0.2) is 29.2 Å². The van der Waals surface area contributed by atoms with Crippen molar-refractivity contribution in [2.75, 3.05) is 32.8 Å². The van der Waals surface area contributed by atoms with Gasteiger partial charge in [-0.1, -0.05) is 6.92 Å². The monoisotopic (exact) mass is 442 g/mol. The van der Waals surface area contributed by atoms with Crippen LogP contribution in [0, 0.1) is 11.7 Å². The molecule has 0 spiro atoms. The lowest BCUT2D eigenvalue weighted by Crippen LogP contribution is -2.41. The largest absolute Gasteiger partial charge is 0.434 e. The molecule has 2 atom stereocenters. The predicted octanol–water partition coefficient (Wildman–Crippen LogP) is 2.22. The summed E-state index contributed by atoms with van der Waals surface area (Å²) in [5.41, 5.74) is 0. The Morgan fingerprint density at radius 1 is 1.34 bits per heavy atom. The van der Waals surface area contributed by atoms with Gasteiger partial charge in [0.15, 0.2) is 0 Å². The van der Waals surface area contributed by atoms with E-state index in [2.05, 4.69) is 4.74 Å². The van der Waals surface area contributed by atoms with Crippen LogP contribution in [0.5, 0.6) is 0 Å². The zero-order chi connectivity index (χ0) is 21.8. The van der Waals surface area contributed by atoms with Crippen LogP contribution in [0.25, 0.3) is 0 Å².